The Hall–Kier alpha value is -2.70. The quantitative estimate of drug-likeness (QED) is 0.460. The number of likely N-dealkylation sites (tertiary alicyclic amines) is 1. The summed E-state index contributed by atoms with van der Waals surface area (Å²) in [6.07, 6.45) is -4.89. The van der Waals surface area contributed by atoms with Crippen molar-refractivity contribution in [2.75, 3.05) is 17.8 Å². The first kappa shape index (κ1) is 25.4. The molecule has 1 aliphatic heterocycles. The third-order valence-corrected chi connectivity index (χ3v) is 8.29. The first-order chi connectivity index (χ1) is 16.5. The maximum atomic E-state index is 12.9. The Balaban J connectivity index is 1.36. The molecule has 12 heteroatoms. The van der Waals surface area contributed by atoms with Gasteiger partial charge in [-0.05, 0) is 62.1 Å². The highest BCUT2D eigenvalue weighted by Gasteiger charge is 2.35. The molecule has 2 aromatic carbocycles. The number of fused-ring (bicyclic) bond motifs is 1. The zero-order valence-corrected chi connectivity index (χ0v) is 20.2. The van der Waals surface area contributed by atoms with Gasteiger partial charge in [0.25, 0.3) is 15.9 Å². The Morgan fingerprint density at radius 1 is 1.14 bits per heavy atom. The highest BCUT2D eigenvalue weighted by atomic mass is 32.2. The largest absolute Gasteiger partial charge is 0.390 e. The fraction of sp³-hybridized carbons (Fsp3) is 0.391. The fourth-order valence-electron chi connectivity index (χ4n) is 4.14. The predicted molar refractivity (Wildman–Crippen MR) is 127 cm³/mol. The van der Waals surface area contributed by atoms with Crippen LogP contribution in [0, 0.1) is 0 Å². The second-order valence-electron chi connectivity index (χ2n) is 8.62. The number of nitrogens with zero attached hydrogens (tertiary/aromatic N) is 2. The molecule has 1 aliphatic rings. The van der Waals surface area contributed by atoms with Gasteiger partial charge in [0.1, 0.15) is 10.4 Å². The minimum atomic E-state index is -4.25. The molecule has 0 unspecified atom stereocenters. The first-order valence-electron chi connectivity index (χ1n) is 11.0. The van der Waals surface area contributed by atoms with Crippen LogP contribution in [0.2, 0.25) is 0 Å². The van der Waals surface area contributed by atoms with Crippen molar-refractivity contribution in [3.05, 3.63) is 53.5 Å². The number of anilines is 1. The molecule has 1 saturated heterocycles. The summed E-state index contributed by atoms with van der Waals surface area (Å²) in [6, 6.07) is 10.9. The maximum absolute atomic E-state index is 12.9. The van der Waals surface area contributed by atoms with E-state index in [9.17, 15) is 31.5 Å². The number of hydrogen-bond donors (Lipinski definition) is 2. The molecular weight excluding hydrogens is 503 g/mol. The number of carbonyl (C=O) groups is 1. The molecule has 3 aromatic rings. The Morgan fingerprint density at radius 3 is 2.49 bits per heavy atom. The van der Waals surface area contributed by atoms with Gasteiger partial charge in [-0.25, -0.2) is 13.4 Å². The third-order valence-electron chi connectivity index (χ3n) is 6.08. The van der Waals surface area contributed by atoms with Crippen molar-refractivity contribution in [2.45, 2.75) is 48.8 Å². The van der Waals surface area contributed by atoms with E-state index in [4.69, 9.17) is 0 Å². The van der Waals surface area contributed by atoms with Gasteiger partial charge >= 0.3 is 6.18 Å². The van der Waals surface area contributed by atoms with Gasteiger partial charge in [0.15, 0.2) is 0 Å². The molecule has 0 saturated carbocycles. The number of halogens is 3. The number of aromatic nitrogens is 1. The van der Waals surface area contributed by atoms with Gasteiger partial charge < -0.3 is 10.0 Å². The van der Waals surface area contributed by atoms with Crippen LogP contribution >= 0.6 is 11.3 Å². The van der Waals surface area contributed by atoms with Gasteiger partial charge in [-0.3, -0.25) is 9.52 Å². The van der Waals surface area contributed by atoms with Crippen LogP contribution in [0.5, 0.6) is 0 Å². The van der Waals surface area contributed by atoms with E-state index in [0.717, 1.165) is 4.70 Å². The van der Waals surface area contributed by atoms with Crippen LogP contribution in [0.1, 0.15) is 42.5 Å². The number of para-hydroxylation sites is 1. The fourth-order valence-corrected chi connectivity index (χ4v) is 6.14. The molecule has 1 aromatic heterocycles. The van der Waals surface area contributed by atoms with E-state index in [2.05, 4.69) is 9.71 Å². The molecule has 0 aliphatic carbocycles. The molecule has 1 amide bonds. The average molecular weight is 528 g/mol. The molecule has 0 atom stereocenters. The molecule has 2 heterocycles. The average Bonchev–Trinajstić information content (AvgIpc) is 3.27. The van der Waals surface area contributed by atoms with Crippen molar-refractivity contribution in [3.63, 3.8) is 0 Å². The topological polar surface area (TPSA) is 99.6 Å². The van der Waals surface area contributed by atoms with Crippen LogP contribution in [-0.4, -0.2) is 54.2 Å². The van der Waals surface area contributed by atoms with E-state index in [1.54, 1.807) is 22.5 Å². The number of carbonyl (C=O) groups excluding carboxylic acids is 1. The molecule has 7 nitrogen and oxygen atoms in total. The summed E-state index contributed by atoms with van der Waals surface area (Å²) >= 11 is 1.34. The number of hydrogen-bond acceptors (Lipinski definition) is 6. The maximum Gasteiger partial charge on any atom is 0.389 e. The van der Waals surface area contributed by atoms with E-state index in [-0.39, 0.29) is 55.3 Å². The summed E-state index contributed by atoms with van der Waals surface area (Å²) in [5, 5.41) is 10.6. The second kappa shape index (κ2) is 9.75. The van der Waals surface area contributed by atoms with E-state index < -0.39 is 28.2 Å². The monoisotopic (exact) mass is 527 g/mol. The molecule has 0 bridgehead atoms. The van der Waals surface area contributed by atoms with Crippen LogP contribution in [-0.2, 0) is 10.0 Å². The van der Waals surface area contributed by atoms with Gasteiger partial charge in [-0.1, -0.05) is 6.07 Å². The molecule has 4 rings (SSSR count). The zero-order valence-electron chi connectivity index (χ0n) is 18.6. The van der Waals surface area contributed by atoms with Crippen molar-refractivity contribution < 1.29 is 31.5 Å². The second-order valence-corrected chi connectivity index (χ2v) is 11.2. The number of rotatable bonds is 7. The summed E-state index contributed by atoms with van der Waals surface area (Å²) in [5.41, 5.74) is 1.39. The minimum Gasteiger partial charge on any atom is -0.390 e. The van der Waals surface area contributed by atoms with Crippen molar-refractivity contribution in [3.8, 4) is 0 Å². The van der Waals surface area contributed by atoms with Gasteiger partial charge in [0, 0.05) is 30.8 Å². The zero-order chi connectivity index (χ0) is 25.3. The van der Waals surface area contributed by atoms with Gasteiger partial charge in [0.05, 0.1) is 15.8 Å². The Bertz CT molecular complexity index is 1300. The van der Waals surface area contributed by atoms with Gasteiger partial charge in [-0.2, -0.15) is 13.2 Å². The highest BCUT2D eigenvalue weighted by Crippen LogP contribution is 2.31. The summed E-state index contributed by atoms with van der Waals surface area (Å²) in [5.74, 6) is -0.288. The van der Waals surface area contributed by atoms with Crippen molar-refractivity contribution >= 4 is 43.2 Å². The van der Waals surface area contributed by atoms with Crippen LogP contribution < -0.4 is 4.72 Å². The number of thiazole rings is 1. The number of amides is 1. The Kier molecular flexibility index (Phi) is 7.07. The van der Waals surface area contributed by atoms with Crippen molar-refractivity contribution in [2.24, 2.45) is 0 Å². The Labute approximate surface area is 204 Å². The van der Waals surface area contributed by atoms with Crippen molar-refractivity contribution in [1.82, 2.24) is 9.88 Å². The highest BCUT2D eigenvalue weighted by molar-refractivity contribution is 7.93. The molecule has 1 fully saturated rings. The smallest absolute Gasteiger partial charge is 0.389 e. The number of alkyl halides is 3. The van der Waals surface area contributed by atoms with Crippen molar-refractivity contribution in [1.29, 1.82) is 0 Å². The first-order valence-corrected chi connectivity index (χ1v) is 13.4. The molecule has 188 valence electrons. The van der Waals surface area contributed by atoms with Gasteiger partial charge in [-0.15, -0.1) is 11.3 Å². The summed E-state index contributed by atoms with van der Waals surface area (Å²) < 4.78 is 66.1. The standard InChI is InChI=1S/C23H24F3N3O4S2/c24-23(25,26)10-2-9-22(31)11-13-29(14-12-22)21(30)16-5-7-17(8-6-16)28-35(32,33)19-4-1-3-18-20(19)27-15-34-18/h1,3-8,15,28,31H,2,9-14H2. The summed E-state index contributed by atoms with van der Waals surface area (Å²) in [7, 11) is -3.89. The van der Waals surface area contributed by atoms with Crippen LogP contribution in [0.15, 0.2) is 52.9 Å². The Morgan fingerprint density at radius 2 is 1.83 bits per heavy atom. The van der Waals surface area contributed by atoms with E-state index in [0.29, 0.717) is 11.1 Å². The predicted octanol–water partition coefficient (Wildman–Crippen LogP) is 4.80. The number of nitrogens with one attached hydrogen (secondary N) is 1. The lowest BCUT2D eigenvalue weighted by molar-refractivity contribution is -0.138. The lowest BCUT2D eigenvalue weighted by Crippen LogP contribution is -2.46. The molecule has 0 spiro atoms. The van der Waals surface area contributed by atoms with Crippen LogP contribution in [0.4, 0.5) is 18.9 Å². The number of benzene rings is 2. The number of piperidine rings is 1. The molecule has 2 N–H and O–H groups in total. The SMILES string of the molecule is O=C(c1ccc(NS(=O)(=O)c2cccc3scnc23)cc1)N1CCC(O)(CCCC(F)(F)F)CC1. The summed E-state index contributed by atoms with van der Waals surface area (Å²) in [6.45, 7) is 0.459. The lowest BCUT2D eigenvalue weighted by atomic mass is 9.86. The van der Waals surface area contributed by atoms with Crippen LogP contribution in [0.25, 0.3) is 10.2 Å². The van der Waals surface area contributed by atoms with Gasteiger partial charge in [0.2, 0.25) is 0 Å². The van der Waals surface area contributed by atoms with Crippen LogP contribution in [0.3, 0.4) is 0 Å². The molecule has 0 radical (unpaired) electrons. The van der Waals surface area contributed by atoms with E-state index >= 15 is 0 Å². The number of sulfonamides is 1. The third kappa shape index (κ3) is 6.11. The lowest BCUT2D eigenvalue weighted by Gasteiger charge is -2.38. The minimum absolute atomic E-state index is 0.0397. The normalized spacial score (nSPS) is 16.4. The molecule has 35 heavy (non-hydrogen) atoms. The van der Waals surface area contributed by atoms with E-state index in [1.807, 2.05) is 0 Å². The summed E-state index contributed by atoms with van der Waals surface area (Å²) in [4.78, 5) is 18.6. The molecular formula is C23H24F3N3O4S2. The van der Waals surface area contributed by atoms with E-state index in [1.165, 1.54) is 41.7 Å². The number of aliphatic hydroxyl groups is 1.